The molecule has 0 radical (unpaired) electrons. The molecule has 4 heterocycles. The number of pyridine rings is 1. The molecule has 1 unspecified atom stereocenters. The van der Waals surface area contributed by atoms with E-state index in [2.05, 4.69) is 9.88 Å². The molecule has 4 rings (SSSR count). The third kappa shape index (κ3) is 3.92. The molecule has 0 amide bonds. The van der Waals surface area contributed by atoms with Crippen molar-refractivity contribution in [1.29, 1.82) is 0 Å². The summed E-state index contributed by atoms with van der Waals surface area (Å²) in [7, 11) is 0. The smallest absolute Gasteiger partial charge is 0.167 e. The second kappa shape index (κ2) is 7.35. The van der Waals surface area contributed by atoms with E-state index in [1.54, 1.807) is 0 Å². The van der Waals surface area contributed by atoms with Crippen molar-refractivity contribution < 1.29 is 13.9 Å². The Morgan fingerprint density at radius 1 is 1.28 bits per heavy atom. The SMILES string of the molecule is Fc1cc(Cl)cnc1N1CCC2(CC1)CN(CC1CCOC1)CCO2. The van der Waals surface area contributed by atoms with Crippen molar-refractivity contribution in [2.75, 3.05) is 57.4 Å². The summed E-state index contributed by atoms with van der Waals surface area (Å²) in [5, 5.41) is 0.330. The lowest BCUT2D eigenvalue weighted by atomic mass is 9.89. The number of ether oxygens (including phenoxy) is 2. The van der Waals surface area contributed by atoms with Gasteiger partial charge in [0.2, 0.25) is 0 Å². The summed E-state index contributed by atoms with van der Waals surface area (Å²) in [5.41, 5.74) is -0.100. The van der Waals surface area contributed by atoms with Crippen molar-refractivity contribution in [1.82, 2.24) is 9.88 Å². The Kier molecular flexibility index (Phi) is 5.13. The largest absolute Gasteiger partial charge is 0.381 e. The highest BCUT2D eigenvalue weighted by Gasteiger charge is 2.40. The third-order valence-electron chi connectivity index (χ3n) is 5.63. The molecule has 3 fully saturated rings. The Labute approximate surface area is 153 Å². The predicted octanol–water partition coefficient (Wildman–Crippen LogP) is 2.58. The molecule has 1 atom stereocenters. The van der Waals surface area contributed by atoms with Gasteiger partial charge < -0.3 is 14.4 Å². The first-order valence-electron chi connectivity index (χ1n) is 9.14. The zero-order valence-corrected chi connectivity index (χ0v) is 15.2. The minimum absolute atomic E-state index is 0.100. The van der Waals surface area contributed by atoms with E-state index in [0.717, 1.165) is 65.4 Å². The average molecular weight is 370 g/mol. The van der Waals surface area contributed by atoms with Crippen molar-refractivity contribution in [3.63, 3.8) is 0 Å². The first kappa shape index (κ1) is 17.5. The van der Waals surface area contributed by atoms with Crippen LogP contribution in [0.4, 0.5) is 10.2 Å². The number of nitrogens with zero attached hydrogens (tertiary/aromatic N) is 3. The molecular weight excluding hydrogens is 345 g/mol. The van der Waals surface area contributed by atoms with Gasteiger partial charge in [0.1, 0.15) is 0 Å². The number of piperidine rings is 1. The van der Waals surface area contributed by atoms with E-state index in [4.69, 9.17) is 21.1 Å². The molecule has 0 aliphatic carbocycles. The number of hydrogen-bond donors (Lipinski definition) is 0. The van der Waals surface area contributed by atoms with Crippen LogP contribution >= 0.6 is 11.6 Å². The average Bonchev–Trinajstić information content (AvgIpc) is 3.09. The molecule has 1 aromatic heterocycles. The molecule has 138 valence electrons. The second-order valence-electron chi connectivity index (χ2n) is 7.44. The summed E-state index contributed by atoms with van der Waals surface area (Å²) in [6.07, 6.45) is 4.47. The summed E-state index contributed by atoms with van der Waals surface area (Å²) in [5.74, 6) is 0.702. The van der Waals surface area contributed by atoms with E-state index in [-0.39, 0.29) is 11.4 Å². The first-order chi connectivity index (χ1) is 12.1. The Morgan fingerprint density at radius 3 is 2.84 bits per heavy atom. The van der Waals surface area contributed by atoms with Crippen LogP contribution in [-0.2, 0) is 9.47 Å². The summed E-state index contributed by atoms with van der Waals surface area (Å²) in [4.78, 5) is 8.70. The predicted molar refractivity (Wildman–Crippen MR) is 94.7 cm³/mol. The fraction of sp³-hybridized carbons (Fsp3) is 0.722. The zero-order chi connectivity index (χ0) is 17.3. The summed E-state index contributed by atoms with van der Waals surface area (Å²) in [6.45, 7) is 7.14. The molecule has 3 aliphatic rings. The molecule has 7 heteroatoms. The summed E-state index contributed by atoms with van der Waals surface area (Å²) < 4.78 is 25.8. The number of morpholine rings is 1. The summed E-state index contributed by atoms with van der Waals surface area (Å²) in [6, 6.07) is 1.33. The van der Waals surface area contributed by atoms with Crippen LogP contribution in [0.2, 0.25) is 5.02 Å². The quantitative estimate of drug-likeness (QED) is 0.818. The molecule has 3 saturated heterocycles. The van der Waals surface area contributed by atoms with Gasteiger partial charge in [-0.25, -0.2) is 9.37 Å². The maximum atomic E-state index is 14.1. The third-order valence-corrected chi connectivity index (χ3v) is 5.84. The van der Waals surface area contributed by atoms with Gasteiger partial charge in [-0.1, -0.05) is 11.6 Å². The van der Waals surface area contributed by atoms with Crippen molar-refractivity contribution in [2.24, 2.45) is 5.92 Å². The van der Waals surface area contributed by atoms with Crippen LogP contribution in [0.1, 0.15) is 19.3 Å². The van der Waals surface area contributed by atoms with Crippen molar-refractivity contribution in [3.05, 3.63) is 23.1 Å². The highest BCUT2D eigenvalue weighted by molar-refractivity contribution is 6.30. The number of anilines is 1. The van der Waals surface area contributed by atoms with Crippen LogP contribution in [-0.4, -0.2) is 68.0 Å². The van der Waals surface area contributed by atoms with Crippen LogP contribution in [0.3, 0.4) is 0 Å². The van der Waals surface area contributed by atoms with E-state index in [1.807, 2.05) is 4.90 Å². The lowest BCUT2D eigenvalue weighted by molar-refractivity contribution is -0.123. The number of aromatic nitrogens is 1. The Morgan fingerprint density at radius 2 is 2.12 bits per heavy atom. The normalized spacial score (nSPS) is 27.1. The van der Waals surface area contributed by atoms with Gasteiger partial charge in [0.15, 0.2) is 11.6 Å². The van der Waals surface area contributed by atoms with Crippen molar-refractivity contribution in [3.8, 4) is 0 Å². The van der Waals surface area contributed by atoms with E-state index in [9.17, 15) is 4.39 Å². The van der Waals surface area contributed by atoms with Gasteiger partial charge >= 0.3 is 0 Å². The minimum atomic E-state index is -0.351. The standard InChI is InChI=1S/C18H25ClFN3O2/c19-15-9-16(20)17(21-10-15)23-4-2-18(3-5-23)13-22(6-8-25-18)11-14-1-7-24-12-14/h9-10,14H,1-8,11-13H2. The molecule has 0 aromatic carbocycles. The van der Waals surface area contributed by atoms with Crippen LogP contribution < -0.4 is 4.90 Å². The maximum Gasteiger partial charge on any atom is 0.167 e. The lowest BCUT2D eigenvalue weighted by Crippen LogP contribution is -2.57. The van der Waals surface area contributed by atoms with Gasteiger partial charge in [-0.15, -0.1) is 0 Å². The molecular formula is C18H25ClFN3O2. The van der Waals surface area contributed by atoms with Gasteiger partial charge in [-0.05, 0) is 31.2 Å². The first-order valence-corrected chi connectivity index (χ1v) is 9.51. The molecule has 0 bridgehead atoms. The van der Waals surface area contributed by atoms with Crippen LogP contribution in [0.25, 0.3) is 0 Å². The lowest BCUT2D eigenvalue weighted by Gasteiger charge is -2.48. The molecule has 3 aliphatic heterocycles. The molecule has 25 heavy (non-hydrogen) atoms. The van der Waals surface area contributed by atoms with Crippen molar-refractivity contribution in [2.45, 2.75) is 24.9 Å². The Bertz CT molecular complexity index is 604. The fourth-order valence-corrected chi connectivity index (χ4v) is 4.38. The maximum absolute atomic E-state index is 14.1. The van der Waals surface area contributed by atoms with E-state index < -0.39 is 0 Å². The van der Waals surface area contributed by atoms with Crippen LogP contribution in [0, 0.1) is 11.7 Å². The van der Waals surface area contributed by atoms with E-state index in [0.29, 0.717) is 16.8 Å². The molecule has 0 saturated carbocycles. The van der Waals surface area contributed by atoms with Gasteiger partial charge in [-0.2, -0.15) is 0 Å². The highest BCUT2D eigenvalue weighted by atomic mass is 35.5. The topological polar surface area (TPSA) is 37.8 Å². The van der Waals surface area contributed by atoms with Gasteiger partial charge in [0, 0.05) is 45.5 Å². The molecule has 0 N–H and O–H groups in total. The number of halogens is 2. The number of rotatable bonds is 3. The Hall–Kier alpha value is -0.950. The highest BCUT2D eigenvalue weighted by Crippen LogP contribution is 2.33. The molecule has 1 aromatic rings. The van der Waals surface area contributed by atoms with Crippen LogP contribution in [0.5, 0.6) is 0 Å². The minimum Gasteiger partial charge on any atom is -0.381 e. The molecule has 5 nitrogen and oxygen atoms in total. The van der Waals surface area contributed by atoms with Crippen molar-refractivity contribution >= 4 is 17.4 Å². The monoisotopic (exact) mass is 369 g/mol. The van der Waals surface area contributed by atoms with Gasteiger partial charge in [-0.3, -0.25) is 4.90 Å². The van der Waals surface area contributed by atoms with E-state index >= 15 is 0 Å². The second-order valence-corrected chi connectivity index (χ2v) is 7.88. The van der Waals surface area contributed by atoms with Gasteiger partial charge in [0.25, 0.3) is 0 Å². The van der Waals surface area contributed by atoms with E-state index in [1.165, 1.54) is 18.7 Å². The van der Waals surface area contributed by atoms with Gasteiger partial charge in [0.05, 0.1) is 23.8 Å². The summed E-state index contributed by atoms with van der Waals surface area (Å²) >= 11 is 5.80. The number of hydrogen-bond acceptors (Lipinski definition) is 5. The zero-order valence-electron chi connectivity index (χ0n) is 14.4. The fourth-order valence-electron chi connectivity index (χ4n) is 4.24. The molecule has 1 spiro atoms. The Balaban J connectivity index is 1.36. The van der Waals surface area contributed by atoms with Crippen LogP contribution in [0.15, 0.2) is 12.3 Å².